The summed E-state index contributed by atoms with van der Waals surface area (Å²) in [5, 5.41) is 6.21. The van der Waals surface area contributed by atoms with Crippen LogP contribution in [0.15, 0.2) is 70.6 Å². The topological polar surface area (TPSA) is 68.5 Å². The molecule has 5 rings (SSSR count). The van der Waals surface area contributed by atoms with Gasteiger partial charge in [0.2, 0.25) is 17.6 Å². The first-order chi connectivity index (χ1) is 16.2. The summed E-state index contributed by atoms with van der Waals surface area (Å²) in [6.45, 7) is 0.744. The lowest BCUT2D eigenvalue weighted by atomic mass is 9.93. The number of methoxy groups -OCH3 is 1. The van der Waals surface area contributed by atoms with Crippen LogP contribution in [0.3, 0.4) is 0 Å². The van der Waals surface area contributed by atoms with Crippen LogP contribution in [0.2, 0.25) is 0 Å². The van der Waals surface area contributed by atoms with Crippen LogP contribution in [0.1, 0.15) is 40.8 Å². The van der Waals surface area contributed by atoms with Crippen LogP contribution in [0, 0.1) is 0 Å². The number of benzene rings is 2. The van der Waals surface area contributed by atoms with E-state index in [4.69, 9.17) is 9.26 Å². The zero-order valence-corrected chi connectivity index (χ0v) is 19.3. The molecule has 2 aromatic heterocycles. The summed E-state index contributed by atoms with van der Waals surface area (Å²) in [5.41, 5.74) is 3.28. The van der Waals surface area contributed by atoms with Crippen molar-refractivity contribution in [2.24, 2.45) is 0 Å². The second kappa shape index (κ2) is 9.58. The van der Waals surface area contributed by atoms with E-state index in [1.165, 1.54) is 10.4 Å². The van der Waals surface area contributed by atoms with E-state index in [0.717, 1.165) is 29.8 Å². The maximum absolute atomic E-state index is 13.2. The zero-order chi connectivity index (χ0) is 22.6. The minimum Gasteiger partial charge on any atom is -0.497 e. The number of aryl methyl sites for hydroxylation is 1. The predicted molar refractivity (Wildman–Crippen MR) is 127 cm³/mol. The molecule has 1 atom stereocenters. The average molecular weight is 460 g/mol. The number of carbonyl (C=O) groups is 1. The Bertz CT molecular complexity index is 1220. The molecule has 0 saturated heterocycles. The molecule has 1 aliphatic rings. The van der Waals surface area contributed by atoms with Gasteiger partial charge in [0.1, 0.15) is 5.75 Å². The van der Waals surface area contributed by atoms with E-state index in [1.54, 1.807) is 18.4 Å². The van der Waals surface area contributed by atoms with E-state index in [-0.39, 0.29) is 11.9 Å². The highest BCUT2D eigenvalue weighted by molar-refractivity contribution is 7.10. The fourth-order valence-electron chi connectivity index (χ4n) is 4.33. The van der Waals surface area contributed by atoms with Crippen molar-refractivity contribution in [1.29, 1.82) is 0 Å². The van der Waals surface area contributed by atoms with Crippen molar-refractivity contribution >= 4 is 17.2 Å². The largest absolute Gasteiger partial charge is 0.497 e. The molecule has 0 saturated carbocycles. The highest BCUT2D eigenvalue weighted by Crippen LogP contribution is 2.38. The molecule has 3 heterocycles. The van der Waals surface area contributed by atoms with E-state index in [0.29, 0.717) is 31.0 Å². The lowest BCUT2D eigenvalue weighted by molar-refractivity contribution is -0.133. The molecule has 168 valence electrons. The first-order valence-electron chi connectivity index (χ1n) is 11.1. The third-order valence-electron chi connectivity index (χ3n) is 6.00. The Labute approximate surface area is 196 Å². The van der Waals surface area contributed by atoms with Gasteiger partial charge in [-0.25, -0.2) is 0 Å². The number of thiophene rings is 1. The molecule has 7 heteroatoms. The fraction of sp³-hybridized carbons (Fsp3) is 0.269. The quantitative estimate of drug-likeness (QED) is 0.375. The van der Waals surface area contributed by atoms with Crippen molar-refractivity contribution in [1.82, 2.24) is 15.0 Å². The number of fused-ring (bicyclic) bond motifs is 1. The Morgan fingerprint density at radius 1 is 1.15 bits per heavy atom. The molecule has 0 N–H and O–H groups in total. The normalized spacial score (nSPS) is 15.3. The molecular formula is C26H25N3O3S. The average Bonchev–Trinajstić information content (AvgIpc) is 3.54. The van der Waals surface area contributed by atoms with Crippen LogP contribution in [0.25, 0.3) is 11.4 Å². The maximum atomic E-state index is 13.2. The second-order valence-corrected chi connectivity index (χ2v) is 9.04. The third kappa shape index (κ3) is 4.54. The van der Waals surface area contributed by atoms with Gasteiger partial charge in [-0.3, -0.25) is 4.79 Å². The molecule has 6 nitrogen and oxygen atoms in total. The maximum Gasteiger partial charge on any atom is 0.226 e. The SMILES string of the molecule is COc1ccc(-c2noc(CCCC(=O)N3CCc4sccc4C3c3ccccc3)n2)cc1. The molecule has 1 aliphatic heterocycles. The van der Waals surface area contributed by atoms with Crippen molar-refractivity contribution in [3.8, 4) is 17.1 Å². The standard InChI is InChI=1S/C26H25N3O3S/c1-31-20-12-10-19(11-13-20)26-27-23(32-28-26)8-5-9-24(30)29-16-14-22-21(15-17-33-22)25(29)18-6-3-2-4-7-18/h2-4,6-7,10-13,15,17,25H,5,8-9,14,16H2,1H3. The van der Waals surface area contributed by atoms with Gasteiger partial charge < -0.3 is 14.2 Å². The molecule has 0 aliphatic carbocycles. The van der Waals surface area contributed by atoms with Crippen LogP contribution in [-0.4, -0.2) is 34.6 Å². The van der Waals surface area contributed by atoms with Crippen LogP contribution in [-0.2, 0) is 17.6 Å². The first-order valence-corrected chi connectivity index (χ1v) is 12.0. The Morgan fingerprint density at radius 3 is 2.76 bits per heavy atom. The number of ether oxygens (including phenoxy) is 1. The van der Waals surface area contributed by atoms with Crippen molar-refractivity contribution < 1.29 is 14.1 Å². The number of rotatable bonds is 7. The summed E-state index contributed by atoms with van der Waals surface area (Å²) in [6, 6.07) is 20.0. The number of amides is 1. The molecule has 2 aromatic carbocycles. The van der Waals surface area contributed by atoms with E-state index in [1.807, 2.05) is 47.4 Å². The molecule has 33 heavy (non-hydrogen) atoms. The number of hydrogen-bond acceptors (Lipinski definition) is 6. The molecule has 0 bridgehead atoms. The third-order valence-corrected chi connectivity index (χ3v) is 7.00. The van der Waals surface area contributed by atoms with E-state index in [2.05, 4.69) is 33.7 Å². The summed E-state index contributed by atoms with van der Waals surface area (Å²) >= 11 is 1.78. The van der Waals surface area contributed by atoms with Crippen LogP contribution < -0.4 is 4.74 Å². The van der Waals surface area contributed by atoms with Gasteiger partial charge >= 0.3 is 0 Å². The van der Waals surface area contributed by atoms with Gasteiger partial charge in [-0.15, -0.1) is 11.3 Å². The molecule has 4 aromatic rings. The smallest absolute Gasteiger partial charge is 0.226 e. The van der Waals surface area contributed by atoms with Crippen LogP contribution in [0.4, 0.5) is 0 Å². The minimum atomic E-state index is -0.0150. The number of aromatic nitrogens is 2. The molecular weight excluding hydrogens is 434 g/mol. The Hall–Kier alpha value is -3.45. The molecule has 0 spiro atoms. The summed E-state index contributed by atoms with van der Waals surface area (Å²) in [4.78, 5) is 21.1. The van der Waals surface area contributed by atoms with Gasteiger partial charge in [-0.05, 0) is 59.7 Å². The lowest BCUT2D eigenvalue weighted by Gasteiger charge is -2.36. The monoisotopic (exact) mass is 459 g/mol. The van der Waals surface area contributed by atoms with Crippen LogP contribution in [0.5, 0.6) is 5.75 Å². The van der Waals surface area contributed by atoms with Crippen LogP contribution >= 0.6 is 11.3 Å². The Kier molecular flexibility index (Phi) is 6.21. The number of hydrogen-bond donors (Lipinski definition) is 0. The van der Waals surface area contributed by atoms with Gasteiger partial charge in [0.15, 0.2) is 0 Å². The fourth-order valence-corrected chi connectivity index (χ4v) is 5.23. The second-order valence-electron chi connectivity index (χ2n) is 8.04. The molecule has 1 unspecified atom stereocenters. The molecule has 1 amide bonds. The van der Waals surface area contributed by atoms with Gasteiger partial charge in [-0.1, -0.05) is 35.5 Å². The summed E-state index contributed by atoms with van der Waals surface area (Å²) in [7, 11) is 1.63. The first kappa shape index (κ1) is 21.4. The van der Waals surface area contributed by atoms with Gasteiger partial charge in [-0.2, -0.15) is 4.98 Å². The summed E-state index contributed by atoms with van der Waals surface area (Å²) in [6.07, 6.45) is 2.60. The van der Waals surface area contributed by atoms with Crippen molar-refractivity contribution in [3.63, 3.8) is 0 Å². The summed E-state index contributed by atoms with van der Waals surface area (Å²) in [5.74, 6) is 2.04. The minimum absolute atomic E-state index is 0.0150. The highest BCUT2D eigenvalue weighted by Gasteiger charge is 2.32. The van der Waals surface area contributed by atoms with Crippen molar-refractivity contribution in [2.75, 3.05) is 13.7 Å². The highest BCUT2D eigenvalue weighted by atomic mass is 32.1. The Morgan fingerprint density at radius 2 is 1.97 bits per heavy atom. The lowest BCUT2D eigenvalue weighted by Crippen LogP contribution is -2.40. The zero-order valence-electron chi connectivity index (χ0n) is 18.4. The van der Waals surface area contributed by atoms with E-state index < -0.39 is 0 Å². The predicted octanol–water partition coefficient (Wildman–Crippen LogP) is 5.30. The Balaban J connectivity index is 1.23. The van der Waals surface area contributed by atoms with Crippen molar-refractivity contribution in [2.45, 2.75) is 31.7 Å². The van der Waals surface area contributed by atoms with Gasteiger partial charge in [0, 0.05) is 29.8 Å². The number of carbonyl (C=O) groups excluding carboxylic acids is 1. The molecule has 0 radical (unpaired) electrons. The van der Waals surface area contributed by atoms with Gasteiger partial charge in [0.05, 0.1) is 13.2 Å². The number of nitrogens with zero attached hydrogens (tertiary/aromatic N) is 3. The van der Waals surface area contributed by atoms with E-state index in [9.17, 15) is 4.79 Å². The van der Waals surface area contributed by atoms with Gasteiger partial charge in [0.25, 0.3) is 0 Å². The molecule has 0 fully saturated rings. The summed E-state index contributed by atoms with van der Waals surface area (Å²) < 4.78 is 10.6. The van der Waals surface area contributed by atoms with Crippen molar-refractivity contribution in [3.05, 3.63) is 87.9 Å². The van der Waals surface area contributed by atoms with E-state index >= 15 is 0 Å².